The molecule has 0 aromatic heterocycles. The van der Waals surface area contributed by atoms with Gasteiger partial charge in [0.2, 0.25) is 0 Å². The molecular formula is C20H25N. The van der Waals surface area contributed by atoms with Crippen molar-refractivity contribution in [2.24, 2.45) is 5.92 Å². The van der Waals surface area contributed by atoms with E-state index < -0.39 is 0 Å². The molecule has 0 saturated carbocycles. The van der Waals surface area contributed by atoms with Crippen LogP contribution in [0.15, 0.2) is 42.5 Å². The lowest BCUT2D eigenvalue weighted by Crippen LogP contribution is -2.01. The van der Waals surface area contributed by atoms with Crippen LogP contribution in [0.3, 0.4) is 0 Å². The molecule has 0 aliphatic heterocycles. The van der Waals surface area contributed by atoms with E-state index in [1.165, 1.54) is 48.1 Å². The first-order chi connectivity index (χ1) is 10.2. The van der Waals surface area contributed by atoms with Crippen LogP contribution in [0.5, 0.6) is 0 Å². The highest BCUT2D eigenvalue weighted by atomic mass is 14.9. The Hall–Kier alpha value is -1.76. The van der Waals surface area contributed by atoms with Gasteiger partial charge in [-0.3, -0.25) is 0 Å². The molecule has 3 rings (SSSR count). The van der Waals surface area contributed by atoms with E-state index in [0.29, 0.717) is 0 Å². The molecule has 0 fully saturated rings. The molecule has 0 spiro atoms. The highest BCUT2D eigenvalue weighted by Gasteiger charge is 2.10. The summed E-state index contributed by atoms with van der Waals surface area (Å²) in [5.74, 6) is 0.723. The van der Waals surface area contributed by atoms with Gasteiger partial charge in [-0.2, -0.15) is 0 Å². The predicted molar refractivity (Wildman–Crippen MR) is 90.8 cm³/mol. The van der Waals surface area contributed by atoms with Crippen molar-refractivity contribution in [3.63, 3.8) is 0 Å². The van der Waals surface area contributed by atoms with E-state index in [2.05, 4.69) is 61.6 Å². The molecule has 21 heavy (non-hydrogen) atoms. The molecule has 0 atom stereocenters. The van der Waals surface area contributed by atoms with Crippen LogP contribution >= 0.6 is 0 Å². The molecule has 0 bridgehead atoms. The topological polar surface area (TPSA) is 12.0 Å². The van der Waals surface area contributed by atoms with Gasteiger partial charge in [-0.1, -0.05) is 44.2 Å². The van der Waals surface area contributed by atoms with Crippen molar-refractivity contribution in [3.05, 3.63) is 64.7 Å². The predicted octanol–water partition coefficient (Wildman–Crippen LogP) is 4.99. The molecule has 2 aromatic rings. The Morgan fingerprint density at radius 1 is 0.905 bits per heavy atom. The van der Waals surface area contributed by atoms with E-state index in [0.717, 1.165) is 12.5 Å². The van der Waals surface area contributed by atoms with Crippen molar-refractivity contribution in [3.8, 4) is 0 Å². The molecule has 2 aromatic carbocycles. The molecule has 0 radical (unpaired) electrons. The van der Waals surface area contributed by atoms with E-state index in [-0.39, 0.29) is 0 Å². The summed E-state index contributed by atoms with van der Waals surface area (Å²) in [7, 11) is 0. The van der Waals surface area contributed by atoms with E-state index >= 15 is 0 Å². The average molecular weight is 279 g/mol. The summed E-state index contributed by atoms with van der Waals surface area (Å²) in [6.45, 7) is 5.44. The molecule has 0 unspecified atom stereocenters. The Balaban J connectivity index is 1.59. The number of hydrogen-bond donors (Lipinski definition) is 1. The fraction of sp³-hybridized carbons (Fsp3) is 0.400. The van der Waals surface area contributed by atoms with E-state index in [4.69, 9.17) is 0 Å². The number of hydrogen-bond acceptors (Lipinski definition) is 1. The number of rotatable bonds is 5. The van der Waals surface area contributed by atoms with Crippen molar-refractivity contribution in [1.82, 2.24) is 0 Å². The second kappa shape index (κ2) is 6.34. The summed E-state index contributed by atoms with van der Waals surface area (Å²) in [4.78, 5) is 0. The molecule has 1 nitrogen and oxygen atoms in total. The second-order valence-electron chi connectivity index (χ2n) is 6.61. The Morgan fingerprint density at radius 3 is 2.38 bits per heavy atom. The molecular weight excluding hydrogens is 254 g/mol. The van der Waals surface area contributed by atoms with Crippen molar-refractivity contribution in [1.29, 1.82) is 0 Å². The summed E-state index contributed by atoms with van der Waals surface area (Å²) in [6, 6.07) is 15.9. The molecule has 1 aliphatic rings. The van der Waals surface area contributed by atoms with Crippen molar-refractivity contribution in [2.75, 3.05) is 5.32 Å². The summed E-state index contributed by atoms with van der Waals surface area (Å²) in [5.41, 5.74) is 7.11. The maximum Gasteiger partial charge on any atom is 0.0400 e. The average Bonchev–Trinajstić information content (AvgIpc) is 2.93. The largest absolute Gasteiger partial charge is 0.381 e. The smallest absolute Gasteiger partial charge is 0.0400 e. The van der Waals surface area contributed by atoms with Crippen LogP contribution in [0.4, 0.5) is 5.69 Å². The van der Waals surface area contributed by atoms with Crippen LogP contribution in [0, 0.1) is 5.92 Å². The normalized spacial score (nSPS) is 13.5. The molecule has 1 aliphatic carbocycles. The molecule has 1 N–H and O–H groups in total. The Labute approximate surface area is 128 Å². The summed E-state index contributed by atoms with van der Waals surface area (Å²) in [5, 5.41) is 3.55. The fourth-order valence-corrected chi connectivity index (χ4v) is 3.15. The van der Waals surface area contributed by atoms with Crippen LogP contribution < -0.4 is 5.32 Å². The second-order valence-corrected chi connectivity index (χ2v) is 6.61. The van der Waals surface area contributed by atoms with Gasteiger partial charge >= 0.3 is 0 Å². The zero-order chi connectivity index (χ0) is 14.7. The number of nitrogens with one attached hydrogen (secondary N) is 1. The van der Waals surface area contributed by atoms with Gasteiger partial charge in [0.15, 0.2) is 0 Å². The standard InChI is InChI=1S/C20H25N/c1-15(2)12-16-6-8-17(9-7-16)14-21-20-11-10-18-4-3-5-19(18)13-20/h6-11,13,15,21H,3-5,12,14H2,1-2H3. The summed E-state index contributed by atoms with van der Waals surface area (Å²) < 4.78 is 0. The van der Waals surface area contributed by atoms with Crippen molar-refractivity contribution >= 4 is 5.69 Å². The van der Waals surface area contributed by atoms with Crippen molar-refractivity contribution in [2.45, 2.75) is 46.1 Å². The lowest BCUT2D eigenvalue weighted by molar-refractivity contribution is 0.647. The fourth-order valence-electron chi connectivity index (χ4n) is 3.15. The third kappa shape index (κ3) is 3.66. The first kappa shape index (κ1) is 14.2. The summed E-state index contributed by atoms with van der Waals surface area (Å²) in [6.07, 6.45) is 4.98. The molecule has 1 heteroatoms. The van der Waals surface area contributed by atoms with Gasteiger partial charge in [-0.25, -0.2) is 0 Å². The van der Waals surface area contributed by atoms with Gasteiger partial charge in [-0.15, -0.1) is 0 Å². The van der Waals surface area contributed by atoms with Gasteiger partial charge < -0.3 is 5.32 Å². The van der Waals surface area contributed by atoms with Crippen LogP contribution in [-0.4, -0.2) is 0 Å². The van der Waals surface area contributed by atoms with Crippen LogP contribution in [-0.2, 0) is 25.8 Å². The highest BCUT2D eigenvalue weighted by molar-refractivity contribution is 5.50. The van der Waals surface area contributed by atoms with Crippen LogP contribution in [0.2, 0.25) is 0 Å². The molecule has 0 saturated heterocycles. The van der Waals surface area contributed by atoms with E-state index in [9.17, 15) is 0 Å². The molecule has 0 heterocycles. The summed E-state index contributed by atoms with van der Waals surface area (Å²) >= 11 is 0. The number of fused-ring (bicyclic) bond motifs is 1. The van der Waals surface area contributed by atoms with Gasteiger partial charge in [0.25, 0.3) is 0 Å². The van der Waals surface area contributed by atoms with Crippen LogP contribution in [0.25, 0.3) is 0 Å². The third-order valence-corrected chi connectivity index (χ3v) is 4.26. The number of aryl methyl sites for hydroxylation is 2. The third-order valence-electron chi connectivity index (χ3n) is 4.26. The van der Waals surface area contributed by atoms with Gasteiger partial charge in [0.05, 0.1) is 0 Å². The minimum absolute atomic E-state index is 0.723. The maximum absolute atomic E-state index is 3.55. The zero-order valence-corrected chi connectivity index (χ0v) is 13.2. The lowest BCUT2D eigenvalue weighted by atomic mass is 10.0. The Kier molecular flexibility index (Phi) is 4.28. The zero-order valence-electron chi connectivity index (χ0n) is 13.2. The van der Waals surface area contributed by atoms with E-state index in [1.54, 1.807) is 5.56 Å². The van der Waals surface area contributed by atoms with E-state index in [1.807, 2.05) is 0 Å². The quantitative estimate of drug-likeness (QED) is 0.813. The Bertz CT molecular complexity index is 596. The lowest BCUT2D eigenvalue weighted by Gasteiger charge is -2.10. The minimum atomic E-state index is 0.723. The minimum Gasteiger partial charge on any atom is -0.381 e. The highest BCUT2D eigenvalue weighted by Crippen LogP contribution is 2.25. The maximum atomic E-state index is 3.55. The Morgan fingerprint density at radius 2 is 1.62 bits per heavy atom. The number of benzene rings is 2. The van der Waals surface area contributed by atoms with Gasteiger partial charge in [0, 0.05) is 12.2 Å². The SMILES string of the molecule is CC(C)Cc1ccc(CNc2ccc3c(c2)CCC3)cc1. The monoisotopic (exact) mass is 279 g/mol. The van der Waals surface area contributed by atoms with Gasteiger partial charge in [-0.05, 0) is 66.0 Å². The van der Waals surface area contributed by atoms with Crippen LogP contribution in [0.1, 0.15) is 42.5 Å². The first-order valence-corrected chi connectivity index (χ1v) is 8.14. The first-order valence-electron chi connectivity index (χ1n) is 8.14. The number of anilines is 1. The molecule has 0 amide bonds. The van der Waals surface area contributed by atoms with Gasteiger partial charge in [0.1, 0.15) is 0 Å². The van der Waals surface area contributed by atoms with Crippen molar-refractivity contribution < 1.29 is 0 Å². The molecule has 110 valence electrons.